The van der Waals surface area contributed by atoms with Gasteiger partial charge in [0, 0.05) is 25.6 Å². The number of pyridine rings is 1. The lowest BCUT2D eigenvalue weighted by atomic mass is 10.1. The first-order chi connectivity index (χ1) is 13.6. The molecule has 0 atom stereocenters. The monoisotopic (exact) mass is 385 g/mol. The van der Waals surface area contributed by atoms with E-state index in [1.165, 1.54) is 0 Å². The smallest absolute Gasteiger partial charge is 0.224 e. The molecule has 1 aliphatic heterocycles. The van der Waals surface area contributed by atoms with Gasteiger partial charge in [0.15, 0.2) is 0 Å². The highest BCUT2D eigenvalue weighted by molar-refractivity contribution is 5.91. The van der Waals surface area contributed by atoms with E-state index in [1.54, 1.807) is 14.2 Å². The molecule has 1 aromatic carbocycles. The van der Waals surface area contributed by atoms with Crippen LogP contribution in [0.25, 0.3) is 0 Å². The normalized spacial score (nSPS) is 13.9. The lowest BCUT2D eigenvalue weighted by Gasteiger charge is -2.28. The first kappa shape index (κ1) is 19.9. The van der Waals surface area contributed by atoms with Gasteiger partial charge in [0.25, 0.3) is 0 Å². The number of benzene rings is 1. The Hall–Kier alpha value is -2.80. The molecule has 0 radical (unpaired) electrons. The number of ether oxygens (including phenoxy) is 3. The molecule has 2 aromatic rings. The van der Waals surface area contributed by atoms with Gasteiger partial charge >= 0.3 is 0 Å². The second kappa shape index (κ2) is 9.41. The van der Waals surface area contributed by atoms with E-state index in [2.05, 4.69) is 15.2 Å². The van der Waals surface area contributed by atoms with Crippen LogP contribution in [0.1, 0.15) is 17.7 Å². The Morgan fingerprint density at radius 1 is 1.14 bits per heavy atom. The first-order valence-electron chi connectivity index (χ1n) is 9.41. The molecule has 3 rings (SSSR count). The van der Waals surface area contributed by atoms with Gasteiger partial charge in [0.1, 0.15) is 17.3 Å². The van der Waals surface area contributed by atoms with Crippen LogP contribution in [-0.2, 0) is 16.0 Å². The number of nitrogens with zero attached hydrogens (tertiary/aromatic N) is 2. The molecule has 1 saturated heterocycles. The summed E-state index contributed by atoms with van der Waals surface area (Å²) in [6.45, 7) is 5.01. The maximum Gasteiger partial charge on any atom is 0.224 e. The van der Waals surface area contributed by atoms with Crippen molar-refractivity contribution in [2.45, 2.75) is 19.8 Å². The Morgan fingerprint density at radius 2 is 1.82 bits per heavy atom. The summed E-state index contributed by atoms with van der Waals surface area (Å²) in [5, 5.41) is 2.96. The SMILES string of the molecule is COc1cc(CCC(=O)Nc2ccc(N3CCOCC3)nc2C)cc(OC)c1. The topological polar surface area (TPSA) is 72.9 Å². The third kappa shape index (κ3) is 5.13. The minimum Gasteiger partial charge on any atom is -0.497 e. The van der Waals surface area contributed by atoms with E-state index in [0.29, 0.717) is 37.6 Å². The van der Waals surface area contributed by atoms with E-state index in [1.807, 2.05) is 37.3 Å². The summed E-state index contributed by atoms with van der Waals surface area (Å²) in [4.78, 5) is 19.2. The van der Waals surface area contributed by atoms with Crippen molar-refractivity contribution in [1.82, 2.24) is 4.98 Å². The van der Waals surface area contributed by atoms with Crippen molar-refractivity contribution in [3.05, 3.63) is 41.6 Å². The van der Waals surface area contributed by atoms with Crippen LogP contribution in [0, 0.1) is 6.92 Å². The number of aryl methyl sites for hydroxylation is 2. The number of amides is 1. The van der Waals surface area contributed by atoms with Gasteiger partial charge in [0.05, 0.1) is 38.8 Å². The number of aromatic nitrogens is 1. The Labute approximate surface area is 165 Å². The van der Waals surface area contributed by atoms with Gasteiger partial charge in [-0.15, -0.1) is 0 Å². The highest BCUT2D eigenvalue weighted by Gasteiger charge is 2.14. The molecule has 0 bridgehead atoms. The number of methoxy groups -OCH3 is 2. The van der Waals surface area contributed by atoms with E-state index in [-0.39, 0.29) is 5.91 Å². The minimum absolute atomic E-state index is 0.0502. The van der Waals surface area contributed by atoms with Gasteiger partial charge in [-0.1, -0.05) is 0 Å². The van der Waals surface area contributed by atoms with Crippen LogP contribution in [0.5, 0.6) is 11.5 Å². The molecule has 1 fully saturated rings. The van der Waals surface area contributed by atoms with Gasteiger partial charge in [0.2, 0.25) is 5.91 Å². The average molecular weight is 385 g/mol. The quantitative estimate of drug-likeness (QED) is 0.790. The fourth-order valence-electron chi connectivity index (χ4n) is 3.13. The molecule has 150 valence electrons. The van der Waals surface area contributed by atoms with Gasteiger partial charge < -0.3 is 24.4 Å². The molecule has 0 spiro atoms. The summed E-state index contributed by atoms with van der Waals surface area (Å²) in [6.07, 6.45) is 0.957. The van der Waals surface area contributed by atoms with E-state index in [9.17, 15) is 4.79 Å². The number of hydrogen-bond donors (Lipinski definition) is 1. The molecule has 1 N–H and O–H groups in total. The maximum atomic E-state index is 12.4. The predicted molar refractivity (Wildman–Crippen MR) is 109 cm³/mol. The van der Waals surface area contributed by atoms with Crippen LogP contribution in [0.3, 0.4) is 0 Å². The van der Waals surface area contributed by atoms with Crippen molar-refractivity contribution < 1.29 is 19.0 Å². The molecule has 1 aliphatic rings. The number of carbonyl (C=O) groups excluding carboxylic acids is 1. The van der Waals surface area contributed by atoms with Crippen LogP contribution in [0.15, 0.2) is 30.3 Å². The van der Waals surface area contributed by atoms with Crippen molar-refractivity contribution in [2.75, 3.05) is 50.7 Å². The van der Waals surface area contributed by atoms with Gasteiger partial charge in [-0.3, -0.25) is 4.79 Å². The molecule has 1 amide bonds. The van der Waals surface area contributed by atoms with Crippen molar-refractivity contribution in [3.8, 4) is 11.5 Å². The fraction of sp³-hybridized carbons (Fsp3) is 0.429. The van der Waals surface area contributed by atoms with Crippen LogP contribution < -0.4 is 19.7 Å². The molecule has 28 heavy (non-hydrogen) atoms. The van der Waals surface area contributed by atoms with Gasteiger partial charge in [-0.25, -0.2) is 4.98 Å². The van der Waals surface area contributed by atoms with E-state index < -0.39 is 0 Å². The summed E-state index contributed by atoms with van der Waals surface area (Å²) in [5.41, 5.74) is 2.54. The average Bonchev–Trinajstić information content (AvgIpc) is 2.74. The standard InChI is InChI=1S/C21H27N3O4/c1-15-19(5-6-20(22-15)24-8-10-28-11-9-24)23-21(25)7-4-16-12-17(26-2)14-18(13-16)27-3/h5-6,12-14H,4,7-11H2,1-3H3,(H,23,25). The van der Waals surface area contributed by atoms with Crippen LogP contribution in [0.2, 0.25) is 0 Å². The summed E-state index contributed by atoms with van der Waals surface area (Å²) >= 11 is 0. The molecule has 2 heterocycles. The molecule has 0 unspecified atom stereocenters. The minimum atomic E-state index is -0.0502. The molecule has 7 heteroatoms. The highest BCUT2D eigenvalue weighted by Crippen LogP contribution is 2.24. The summed E-state index contributed by atoms with van der Waals surface area (Å²) in [7, 11) is 3.23. The van der Waals surface area contributed by atoms with Crippen LogP contribution >= 0.6 is 0 Å². The lowest BCUT2D eigenvalue weighted by molar-refractivity contribution is -0.116. The number of rotatable bonds is 7. The second-order valence-electron chi connectivity index (χ2n) is 6.67. The van der Waals surface area contributed by atoms with E-state index in [0.717, 1.165) is 35.9 Å². The molecule has 1 aromatic heterocycles. The second-order valence-corrected chi connectivity index (χ2v) is 6.67. The molecular formula is C21H27N3O4. The van der Waals surface area contributed by atoms with Crippen molar-refractivity contribution in [3.63, 3.8) is 0 Å². The summed E-state index contributed by atoms with van der Waals surface area (Å²) < 4.78 is 15.9. The Kier molecular flexibility index (Phi) is 6.71. The third-order valence-corrected chi connectivity index (χ3v) is 4.73. The lowest BCUT2D eigenvalue weighted by Crippen LogP contribution is -2.36. The number of hydrogen-bond acceptors (Lipinski definition) is 6. The van der Waals surface area contributed by atoms with Gasteiger partial charge in [-0.2, -0.15) is 0 Å². The third-order valence-electron chi connectivity index (χ3n) is 4.73. The van der Waals surface area contributed by atoms with Crippen molar-refractivity contribution >= 4 is 17.4 Å². The fourth-order valence-corrected chi connectivity index (χ4v) is 3.13. The zero-order chi connectivity index (χ0) is 19.9. The highest BCUT2D eigenvalue weighted by atomic mass is 16.5. The van der Waals surface area contributed by atoms with Crippen LogP contribution in [0.4, 0.5) is 11.5 Å². The van der Waals surface area contributed by atoms with Crippen molar-refractivity contribution in [1.29, 1.82) is 0 Å². The zero-order valence-corrected chi connectivity index (χ0v) is 16.7. The summed E-state index contributed by atoms with van der Waals surface area (Å²) in [5.74, 6) is 2.30. The Morgan fingerprint density at radius 3 is 2.43 bits per heavy atom. The molecular weight excluding hydrogens is 358 g/mol. The number of anilines is 2. The molecule has 0 aliphatic carbocycles. The van der Waals surface area contributed by atoms with E-state index in [4.69, 9.17) is 14.2 Å². The summed E-state index contributed by atoms with van der Waals surface area (Å²) in [6, 6.07) is 9.51. The number of carbonyl (C=O) groups is 1. The van der Waals surface area contributed by atoms with Gasteiger partial charge in [-0.05, 0) is 43.2 Å². The molecule has 0 saturated carbocycles. The Balaban J connectivity index is 1.59. The van der Waals surface area contributed by atoms with Crippen molar-refractivity contribution in [2.24, 2.45) is 0 Å². The zero-order valence-electron chi connectivity index (χ0n) is 16.7. The number of nitrogens with one attached hydrogen (secondary N) is 1. The van der Waals surface area contributed by atoms with E-state index >= 15 is 0 Å². The first-order valence-corrected chi connectivity index (χ1v) is 9.41. The predicted octanol–water partition coefficient (Wildman–Crippen LogP) is 2.82. The molecule has 7 nitrogen and oxygen atoms in total. The maximum absolute atomic E-state index is 12.4. The number of morpholine rings is 1. The van der Waals surface area contributed by atoms with Crippen LogP contribution in [-0.4, -0.2) is 51.4 Å². The Bertz CT molecular complexity index is 797. The largest absolute Gasteiger partial charge is 0.497 e.